The van der Waals surface area contributed by atoms with Crippen LogP contribution >= 0.6 is 0 Å². The van der Waals surface area contributed by atoms with Crippen LogP contribution in [0.3, 0.4) is 0 Å². The lowest BCUT2D eigenvalue weighted by atomic mass is 9.90. The van der Waals surface area contributed by atoms with Crippen molar-refractivity contribution in [3.63, 3.8) is 0 Å². The van der Waals surface area contributed by atoms with Crippen molar-refractivity contribution in [1.29, 1.82) is 0 Å². The van der Waals surface area contributed by atoms with E-state index in [9.17, 15) is 5.11 Å². The maximum Gasteiger partial charge on any atom is 0.103 e. The first-order chi connectivity index (χ1) is 9.69. The van der Waals surface area contributed by atoms with Crippen LogP contribution in [0.5, 0.6) is 0 Å². The maximum atomic E-state index is 10.8. The van der Waals surface area contributed by atoms with Crippen molar-refractivity contribution in [2.24, 2.45) is 5.73 Å². The molecular formula is C16H26N2O2. The molecule has 112 valence electrons. The Balaban J connectivity index is 1.99. The van der Waals surface area contributed by atoms with Crippen molar-refractivity contribution in [3.05, 3.63) is 35.9 Å². The normalized spacial score (nSPS) is 23.4. The van der Waals surface area contributed by atoms with Crippen molar-refractivity contribution in [3.8, 4) is 0 Å². The molecule has 0 aliphatic carbocycles. The van der Waals surface area contributed by atoms with Crippen molar-refractivity contribution in [1.82, 2.24) is 4.90 Å². The highest BCUT2D eigenvalue weighted by Gasteiger charge is 2.30. The highest BCUT2D eigenvalue weighted by atomic mass is 16.5. The summed E-state index contributed by atoms with van der Waals surface area (Å²) >= 11 is 0. The van der Waals surface area contributed by atoms with E-state index in [0.717, 1.165) is 38.3 Å². The van der Waals surface area contributed by atoms with Gasteiger partial charge in [-0.25, -0.2) is 0 Å². The first-order valence-corrected chi connectivity index (χ1v) is 7.49. The molecule has 3 N–H and O–H groups in total. The van der Waals surface area contributed by atoms with Gasteiger partial charge in [-0.3, -0.25) is 4.90 Å². The number of morpholine rings is 1. The molecule has 4 heteroatoms. The topological polar surface area (TPSA) is 58.7 Å². The summed E-state index contributed by atoms with van der Waals surface area (Å²) in [6.45, 7) is 5.79. The molecule has 2 unspecified atom stereocenters. The van der Waals surface area contributed by atoms with Crippen LogP contribution in [0.4, 0.5) is 0 Å². The zero-order valence-corrected chi connectivity index (χ0v) is 12.3. The standard InChI is InChI=1S/C16H26N2O2/c1-2-15-12-20-11-10-18(15)9-8-16(19,13-17)14-6-4-3-5-7-14/h3-7,15,19H,2,8-13,17H2,1H3. The quantitative estimate of drug-likeness (QED) is 0.824. The van der Waals surface area contributed by atoms with Gasteiger partial charge in [0, 0.05) is 25.7 Å². The molecule has 0 spiro atoms. The van der Waals surface area contributed by atoms with Gasteiger partial charge in [-0.1, -0.05) is 37.3 Å². The van der Waals surface area contributed by atoms with E-state index in [0.29, 0.717) is 12.5 Å². The number of benzene rings is 1. The molecule has 0 radical (unpaired) electrons. The van der Waals surface area contributed by atoms with Gasteiger partial charge in [0.05, 0.1) is 13.2 Å². The molecule has 1 aromatic carbocycles. The Labute approximate surface area is 121 Å². The van der Waals surface area contributed by atoms with Gasteiger partial charge in [0.25, 0.3) is 0 Å². The number of nitrogens with two attached hydrogens (primary N) is 1. The molecule has 1 heterocycles. The average molecular weight is 278 g/mol. The minimum atomic E-state index is -0.933. The lowest BCUT2D eigenvalue weighted by Crippen LogP contribution is -2.48. The Morgan fingerprint density at radius 1 is 1.40 bits per heavy atom. The molecule has 1 saturated heterocycles. The molecule has 0 amide bonds. The van der Waals surface area contributed by atoms with E-state index in [-0.39, 0.29) is 6.54 Å². The van der Waals surface area contributed by atoms with Gasteiger partial charge < -0.3 is 15.6 Å². The predicted octanol–water partition coefficient (Wildman–Crippen LogP) is 1.33. The van der Waals surface area contributed by atoms with E-state index in [1.54, 1.807) is 0 Å². The summed E-state index contributed by atoms with van der Waals surface area (Å²) < 4.78 is 5.52. The molecule has 4 nitrogen and oxygen atoms in total. The number of nitrogens with zero attached hydrogens (tertiary/aromatic N) is 1. The molecule has 0 bridgehead atoms. The van der Waals surface area contributed by atoms with Crippen LogP contribution in [0.15, 0.2) is 30.3 Å². The molecule has 0 aromatic heterocycles. The lowest BCUT2D eigenvalue weighted by Gasteiger charge is -2.37. The highest BCUT2D eigenvalue weighted by Crippen LogP contribution is 2.25. The second-order valence-electron chi connectivity index (χ2n) is 5.52. The van der Waals surface area contributed by atoms with Crippen molar-refractivity contribution in [2.45, 2.75) is 31.4 Å². The van der Waals surface area contributed by atoms with Crippen LogP contribution in [0.25, 0.3) is 0 Å². The van der Waals surface area contributed by atoms with Crippen molar-refractivity contribution >= 4 is 0 Å². The SMILES string of the molecule is CCC1COCCN1CCC(O)(CN)c1ccccc1. The van der Waals surface area contributed by atoms with Gasteiger partial charge in [-0.15, -0.1) is 0 Å². The maximum absolute atomic E-state index is 10.8. The van der Waals surface area contributed by atoms with Crippen LogP contribution < -0.4 is 5.73 Å². The molecule has 0 saturated carbocycles. The van der Waals surface area contributed by atoms with Crippen molar-refractivity contribution in [2.75, 3.05) is 32.8 Å². The second-order valence-corrected chi connectivity index (χ2v) is 5.52. The Hall–Kier alpha value is -0.940. The van der Waals surface area contributed by atoms with Gasteiger partial charge in [0.1, 0.15) is 5.60 Å². The van der Waals surface area contributed by atoms with E-state index in [1.165, 1.54) is 0 Å². The van der Waals surface area contributed by atoms with Crippen molar-refractivity contribution < 1.29 is 9.84 Å². The third-order valence-corrected chi connectivity index (χ3v) is 4.28. The third kappa shape index (κ3) is 3.58. The smallest absolute Gasteiger partial charge is 0.103 e. The fraction of sp³-hybridized carbons (Fsp3) is 0.625. The Morgan fingerprint density at radius 2 is 2.15 bits per heavy atom. The van der Waals surface area contributed by atoms with Crippen LogP contribution in [0.2, 0.25) is 0 Å². The number of rotatable bonds is 6. The summed E-state index contributed by atoms with van der Waals surface area (Å²) in [5.74, 6) is 0. The summed E-state index contributed by atoms with van der Waals surface area (Å²) in [4.78, 5) is 2.41. The molecule has 1 aromatic rings. The lowest BCUT2D eigenvalue weighted by molar-refractivity contribution is -0.0295. The largest absolute Gasteiger partial charge is 0.384 e. The second kappa shape index (κ2) is 7.18. The van der Waals surface area contributed by atoms with Crippen LogP contribution in [-0.4, -0.2) is 48.9 Å². The minimum Gasteiger partial charge on any atom is -0.384 e. The molecule has 1 fully saturated rings. The van der Waals surface area contributed by atoms with E-state index in [4.69, 9.17) is 10.5 Å². The van der Waals surface area contributed by atoms with Gasteiger partial charge in [-0.05, 0) is 18.4 Å². The summed E-state index contributed by atoms with van der Waals surface area (Å²) in [5, 5.41) is 10.8. The number of hydrogen-bond donors (Lipinski definition) is 2. The van der Waals surface area contributed by atoms with Crippen LogP contribution in [0.1, 0.15) is 25.3 Å². The first kappa shape index (κ1) is 15.4. The summed E-state index contributed by atoms with van der Waals surface area (Å²) in [6.07, 6.45) is 1.73. The molecule has 2 rings (SSSR count). The zero-order chi connectivity index (χ0) is 14.4. The van der Waals surface area contributed by atoms with E-state index in [2.05, 4.69) is 11.8 Å². The number of ether oxygens (including phenoxy) is 1. The van der Waals surface area contributed by atoms with Gasteiger partial charge in [0.15, 0.2) is 0 Å². The number of aliphatic hydroxyl groups is 1. The average Bonchev–Trinajstić information content (AvgIpc) is 2.53. The Bertz CT molecular complexity index is 399. The van der Waals surface area contributed by atoms with Crippen LogP contribution in [-0.2, 0) is 10.3 Å². The van der Waals surface area contributed by atoms with Gasteiger partial charge >= 0.3 is 0 Å². The van der Waals surface area contributed by atoms with Gasteiger partial charge in [0.2, 0.25) is 0 Å². The fourth-order valence-electron chi connectivity index (χ4n) is 2.80. The third-order valence-electron chi connectivity index (χ3n) is 4.28. The summed E-state index contributed by atoms with van der Waals surface area (Å²) in [7, 11) is 0. The highest BCUT2D eigenvalue weighted by molar-refractivity contribution is 5.22. The molecule has 2 atom stereocenters. The van der Waals surface area contributed by atoms with Gasteiger partial charge in [-0.2, -0.15) is 0 Å². The summed E-state index contributed by atoms with van der Waals surface area (Å²) in [6, 6.07) is 10.2. The van der Waals surface area contributed by atoms with E-state index < -0.39 is 5.60 Å². The fourth-order valence-corrected chi connectivity index (χ4v) is 2.80. The van der Waals surface area contributed by atoms with E-state index in [1.807, 2.05) is 30.3 Å². The number of hydrogen-bond acceptors (Lipinski definition) is 4. The molecule has 1 aliphatic heterocycles. The Morgan fingerprint density at radius 3 is 2.80 bits per heavy atom. The molecular weight excluding hydrogens is 252 g/mol. The summed E-state index contributed by atoms with van der Waals surface area (Å²) in [5.41, 5.74) is 5.80. The Kier molecular flexibility index (Phi) is 5.54. The first-order valence-electron chi connectivity index (χ1n) is 7.49. The molecule has 20 heavy (non-hydrogen) atoms. The zero-order valence-electron chi connectivity index (χ0n) is 12.3. The monoisotopic (exact) mass is 278 g/mol. The molecule has 1 aliphatic rings. The predicted molar refractivity (Wildman–Crippen MR) is 80.5 cm³/mol. The minimum absolute atomic E-state index is 0.248. The van der Waals surface area contributed by atoms with Crippen LogP contribution in [0, 0.1) is 0 Å². The van der Waals surface area contributed by atoms with E-state index >= 15 is 0 Å².